The van der Waals surface area contributed by atoms with Gasteiger partial charge < -0.3 is 5.32 Å². The van der Waals surface area contributed by atoms with Gasteiger partial charge in [-0.15, -0.1) is 0 Å². The minimum absolute atomic E-state index is 0.289. The van der Waals surface area contributed by atoms with Gasteiger partial charge in [-0.1, -0.05) is 53.0 Å². The number of carbonyl (C=O) groups is 1. The molecule has 1 fully saturated rings. The highest BCUT2D eigenvalue weighted by molar-refractivity contribution is 6.37. The van der Waals surface area contributed by atoms with Crippen molar-refractivity contribution in [3.63, 3.8) is 0 Å². The molecular formula is C16H10Cl3N3O. The van der Waals surface area contributed by atoms with Crippen LogP contribution in [0.5, 0.6) is 0 Å². The Bertz CT molecular complexity index is 826. The molecule has 2 aromatic carbocycles. The summed E-state index contributed by atoms with van der Waals surface area (Å²) in [6, 6.07) is 12.2. The molecule has 0 atom stereocenters. The number of nitrogens with zero attached hydrogens (tertiary/aromatic N) is 1. The number of guanidine groups is 1. The third-order valence-corrected chi connectivity index (χ3v) is 4.08. The largest absolute Gasteiger partial charge is 0.321 e. The highest BCUT2D eigenvalue weighted by Gasteiger charge is 2.22. The van der Waals surface area contributed by atoms with Crippen molar-refractivity contribution in [1.82, 2.24) is 10.6 Å². The number of rotatable bonds is 2. The van der Waals surface area contributed by atoms with Crippen molar-refractivity contribution in [3.05, 3.63) is 68.8 Å². The van der Waals surface area contributed by atoms with Gasteiger partial charge in [0.25, 0.3) is 5.91 Å². The maximum absolute atomic E-state index is 12.0. The number of amides is 1. The van der Waals surface area contributed by atoms with E-state index in [0.717, 1.165) is 0 Å². The predicted molar refractivity (Wildman–Crippen MR) is 94.3 cm³/mol. The van der Waals surface area contributed by atoms with E-state index in [-0.39, 0.29) is 11.9 Å². The molecule has 0 spiro atoms. The van der Waals surface area contributed by atoms with Crippen molar-refractivity contribution in [2.75, 3.05) is 0 Å². The van der Waals surface area contributed by atoms with E-state index in [9.17, 15) is 4.79 Å². The number of hydrogen-bond donors (Lipinski definition) is 2. The van der Waals surface area contributed by atoms with Gasteiger partial charge in [-0.3, -0.25) is 10.1 Å². The standard InChI is InChI=1S/C16H10Cl3N3O/c17-10-5-3-6-11(18)9(10)8-14-15(23)22-16(21-14)20-13-7-2-1-4-12(13)19/h1-8H,(H2,20,21,22,23). The van der Waals surface area contributed by atoms with E-state index < -0.39 is 0 Å². The molecule has 1 amide bonds. The summed E-state index contributed by atoms with van der Waals surface area (Å²) in [5.74, 6) is -0.0377. The van der Waals surface area contributed by atoms with Crippen molar-refractivity contribution in [3.8, 4) is 0 Å². The van der Waals surface area contributed by atoms with Gasteiger partial charge >= 0.3 is 0 Å². The summed E-state index contributed by atoms with van der Waals surface area (Å²) in [5.41, 5.74) is 1.41. The second-order valence-corrected chi connectivity index (χ2v) is 5.91. The van der Waals surface area contributed by atoms with Crippen LogP contribution in [0.3, 0.4) is 0 Å². The van der Waals surface area contributed by atoms with Crippen LogP contribution >= 0.6 is 34.8 Å². The summed E-state index contributed by atoms with van der Waals surface area (Å²) < 4.78 is 0. The first kappa shape index (κ1) is 15.9. The van der Waals surface area contributed by atoms with Crippen molar-refractivity contribution in [2.24, 2.45) is 4.99 Å². The van der Waals surface area contributed by atoms with Crippen LogP contribution in [0.4, 0.5) is 5.69 Å². The zero-order chi connectivity index (χ0) is 16.4. The Hall–Kier alpha value is -2.01. The molecule has 3 rings (SSSR count). The van der Waals surface area contributed by atoms with Crippen molar-refractivity contribution >= 4 is 58.4 Å². The van der Waals surface area contributed by atoms with Crippen LogP contribution < -0.4 is 10.6 Å². The third-order valence-electron chi connectivity index (χ3n) is 3.10. The molecule has 1 saturated heterocycles. The first-order chi connectivity index (χ1) is 11.0. The number of hydrogen-bond acceptors (Lipinski definition) is 2. The first-order valence-corrected chi connectivity index (χ1v) is 7.75. The van der Waals surface area contributed by atoms with Crippen molar-refractivity contribution in [1.29, 1.82) is 0 Å². The SMILES string of the molecule is O=C1NC(=Nc2ccccc2Cl)NC1=Cc1c(Cl)cccc1Cl. The smallest absolute Gasteiger partial charge is 0.274 e. The normalized spacial score (nSPS) is 17.4. The Balaban J connectivity index is 1.91. The second kappa shape index (κ2) is 6.62. The molecule has 0 unspecified atom stereocenters. The van der Waals surface area contributed by atoms with Crippen LogP contribution in [0.1, 0.15) is 5.56 Å². The number of benzene rings is 2. The van der Waals surface area contributed by atoms with Crippen LogP contribution in [0.2, 0.25) is 15.1 Å². The van der Waals surface area contributed by atoms with Gasteiger partial charge in [-0.2, -0.15) is 0 Å². The molecule has 1 aliphatic heterocycles. The minimum Gasteiger partial charge on any atom is -0.321 e. The van der Waals surface area contributed by atoms with Gasteiger partial charge in [0.2, 0.25) is 5.96 Å². The van der Waals surface area contributed by atoms with Crippen LogP contribution in [0.15, 0.2) is 53.2 Å². The molecule has 0 aromatic heterocycles. The molecule has 4 nitrogen and oxygen atoms in total. The Morgan fingerprint density at radius 3 is 2.22 bits per heavy atom. The highest BCUT2D eigenvalue weighted by atomic mass is 35.5. The quantitative estimate of drug-likeness (QED) is 0.774. The summed E-state index contributed by atoms with van der Waals surface area (Å²) in [4.78, 5) is 16.3. The second-order valence-electron chi connectivity index (χ2n) is 4.68. The molecule has 1 heterocycles. The van der Waals surface area contributed by atoms with Gasteiger partial charge in [-0.25, -0.2) is 4.99 Å². The van der Waals surface area contributed by atoms with Gasteiger partial charge in [0.05, 0.1) is 10.7 Å². The molecule has 2 aromatic rings. The van der Waals surface area contributed by atoms with Crippen LogP contribution in [-0.2, 0) is 4.79 Å². The predicted octanol–water partition coefficient (Wildman–Crippen LogP) is 4.39. The zero-order valence-corrected chi connectivity index (χ0v) is 13.9. The fraction of sp³-hybridized carbons (Fsp3) is 0. The van der Waals surface area contributed by atoms with Crippen molar-refractivity contribution in [2.45, 2.75) is 0 Å². The summed E-state index contributed by atoms with van der Waals surface area (Å²) >= 11 is 18.3. The van der Waals surface area contributed by atoms with E-state index in [1.807, 2.05) is 6.07 Å². The Morgan fingerprint density at radius 2 is 1.52 bits per heavy atom. The molecule has 116 valence electrons. The van der Waals surface area contributed by atoms with Gasteiger partial charge in [0, 0.05) is 15.6 Å². The van der Waals surface area contributed by atoms with E-state index in [2.05, 4.69) is 15.6 Å². The minimum atomic E-state index is -0.327. The van der Waals surface area contributed by atoms with E-state index in [0.29, 0.717) is 32.0 Å². The molecule has 0 bridgehead atoms. The number of halogens is 3. The summed E-state index contributed by atoms with van der Waals surface area (Å²) in [7, 11) is 0. The highest BCUT2D eigenvalue weighted by Crippen LogP contribution is 2.27. The van der Waals surface area contributed by atoms with Gasteiger partial charge in [0.1, 0.15) is 5.70 Å². The Morgan fingerprint density at radius 1 is 0.870 bits per heavy atom. The monoisotopic (exact) mass is 365 g/mol. The van der Waals surface area contributed by atoms with E-state index in [1.54, 1.807) is 42.5 Å². The van der Waals surface area contributed by atoms with Crippen molar-refractivity contribution < 1.29 is 4.79 Å². The summed E-state index contributed by atoms with van der Waals surface area (Å²) in [5, 5.41) is 6.92. The average molecular weight is 367 g/mol. The number of carbonyl (C=O) groups excluding carboxylic acids is 1. The van der Waals surface area contributed by atoms with Gasteiger partial charge in [-0.05, 0) is 30.3 Å². The number of para-hydroxylation sites is 1. The van der Waals surface area contributed by atoms with Crippen LogP contribution in [0.25, 0.3) is 6.08 Å². The van der Waals surface area contributed by atoms with E-state index in [4.69, 9.17) is 34.8 Å². The summed E-state index contributed by atoms with van der Waals surface area (Å²) in [6.07, 6.45) is 1.58. The Kier molecular flexibility index (Phi) is 4.57. The van der Waals surface area contributed by atoms with E-state index in [1.165, 1.54) is 0 Å². The van der Waals surface area contributed by atoms with Gasteiger partial charge in [0.15, 0.2) is 0 Å². The molecule has 2 N–H and O–H groups in total. The fourth-order valence-electron chi connectivity index (χ4n) is 2.00. The molecule has 1 aliphatic rings. The Labute approximate surface area is 147 Å². The van der Waals surface area contributed by atoms with Crippen LogP contribution in [0, 0.1) is 0 Å². The fourth-order valence-corrected chi connectivity index (χ4v) is 2.69. The molecular weight excluding hydrogens is 357 g/mol. The molecule has 0 aliphatic carbocycles. The number of nitrogens with one attached hydrogen (secondary N) is 2. The lowest BCUT2D eigenvalue weighted by molar-refractivity contribution is -0.115. The first-order valence-electron chi connectivity index (χ1n) is 6.62. The maximum Gasteiger partial charge on any atom is 0.274 e. The van der Waals surface area contributed by atoms with E-state index >= 15 is 0 Å². The molecule has 0 saturated carbocycles. The molecule has 0 radical (unpaired) electrons. The number of aliphatic imine (C=N–C) groups is 1. The topological polar surface area (TPSA) is 53.5 Å². The lowest BCUT2D eigenvalue weighted by Gasteiger charge is -2.02. The summed E-state index contributed by atoms with van der Waals surface area (Å²) in [6.45, 7) is 0. The molecule has 23 heavy (non-hydrogen) atoms. The van der Waals surface area contributed by atoms with Crippen LogP contribution in [-0.4, -0.2) is 11.9 Å². The average Bonchev–Trinajstić information content (AvgIpc) is 2.85. The lowest BCUT2D eigenvalue weighted by atomic mass is 10.2. The maximum atomic E-state index is 12.0. The lowest BCUT2D eigenvalue weighted by Crippen LogP contribution is -2.24. The zero-order valence-electron chi connectivity index (χ0n) is 11.6. The molecule has 7 heteroatoms. The third kappa shape index (κ3) is 3.50.